The van der Waals surface area contributed by atoms with Crippen molar-refractivity contribution in [2.24, 2.45) is 5.92 Å². The van der Waals surface area contributed by atoms with E-state index < -0.39 is 0 Å². The zero-order valence-electron chi connectivity index (χ0n) is 8.77. The predicted molar refractivity (Wildman–Crippen MR) is 55.8 cm³/mol. The molecule has 1 unspecified atom stereocenters. The molecule has 1 fully saturated rings. The molecule has 14 heavy (non-hydrogen) atoms. The van der Waals surface area contributed by atoms with E-state index in [1.165, 1.54) is 18.4 Å². The minimum absolute atomic E-state index is 0.369. The number of hydrogen-bond donors (Lipinski definition) is 1. The maximum atomic E-state index is 4.02. The van der Waals surface area contributed by atoms with Gasteiger partial charge in [-0.2, -0.15) is 0 Å². The number of hydrogen-bond acceptors (Lipinski definition) is 3. The normalized spacial score (nSPS) is 28.1. The molecule has 1 N–H and O–H groups in total. The van der Waals surface area contributed by atoms with Gasteiger partial charge in [-0.15, -0.1) is 0 Å². The molecule has 2 rings (SSSR count). The number of nitrogens with one attached hydrogen (secondary N) is 1. The molecule has 3 nitrogen and oxygen atoms in total. The van der Waals surface area contributed by atoms with Crippen LogP contribution in [0.2, 0.25) is 0 Å². The Balaban J connectivity index is 1.87. The number of nitrogens with zero attached hydrogens (tertiary/aromatic N) is 2. The second kappa shape index (κ2) is 4.05. The van der Waals surface area contributed by atoms with Crippen LogP contribution in [0.4, 0.5) is 0 Å². The van der Waals surface area contributed by atoms with Gasteiger partial charge in [-0.3, -0.25) is 0 Å². The smallest absolute Gasteiger partial charge is 0.115 e. The second-order valence-corrected chi connectivity index (χ2v) is 4.33. The van der Waals surface area contributed by atoms with Crippen LogP contribution in [0.25, 0.3) is 0 Å². The van der Waals surface area contributed by atoms with Gasteiger partial charge in [-0.25, -0.2) is 9.97 Å². The largest absolute Gasteiger partial charge is 0.307 e. The van der Waals surface area contributed by atoms with Crippen LogP contribution >= 0.6 is 0 Å². The first kappa shape index (κ1) is 9.59. The summed E-state index contributed by atoms with van der Waals surface area (Å²) in [6.07, 6.45) is 7.94. The molecular formula is C11H17N3. The molecule has 1 aromatic heterocycles. The van der Waals surface area contributed by atoms with Gasteiger partial charge in [0.25, 0.3) is 0 Å². The van der Waals surface area contributed by atoms with Crippen LogP contribution in [-0.4, -0.2) is 16.0 Å². The molecule has 76 valence electrons. The van der Waals surface area contributed by atoms with E-state index in [4.69, 9.17) is 0 Å². The summed E-state index contributed by atoms with van der Waals surface area (Å²) < 4.78 is 0. The molecule has 1 aromatic rings. The highest BCUT2D eigenvalue weighted by Crippen LogP contribution is 2.28. The fraction of sp³-hybridized carbons (Fsp3) is 0.636. The van der Waals surface area contributed by atoms with Crippen molar-refractivity contribution < 1.29 is 0 Å². The van der Waals surface area contributed by atoms with Gasteiger partial charge in [0.15, 0.2) is 0 Å². The summed E-state index contributed by atoms with van der Waals surface area (Å²) in [5.74, 6) is 0.895. The van der Waals surface area contributed by atoms with Crippen LogP contribution in [0.3, 0.4) is 0 Å². The van der Waals surface area contributed by atoms with Crippen LogP contribution in [0.15, 0.2) is 18.7 Å². The molecule has 0 spiro atoms. The third kappa shape index (κ3) is 2.10. The maximum Gasteiger partial charge on any atom is 0.115 e. The van der Waals surface area contributed by atoms with Crippen LogP contribution in [0, 0.1) is 5.92 Å². The molecule has 1 aliphatic rings. The van der Waals surface area contributed by atoms with Crippen molar-refractivity contribution in [2.75, 3.05) is 0 Å². The van der Waals surface area contributed by atoms with Gasteiger partial charge in [-0.05, 0) is 25.7 Å². The molecule has 0 saturated heterocycles. The average Bonchev–Trinajstić information content (AvgIpc) is 2.17. The van der Waals surface area contributed by atoms with Crippen molar-refractivity contribution >= 4 is 0 Å². The van der Waals surface area contributed by atoms with Gasteiger partial charge in [0.05, 0.1) is 0 Å². The summed E-state index contributed by atoms with van der Waals surface area (Å²) >= 11 is 0. The molecule has 1 saturated carbocycles. The first-order chi connectivity index (χ1) is 6.75. The van der Waals surface area contributed by atoms with E-state index in [2.05, 4.69) is 29.1 Å². The average molecular weight is 191 g/mol. The van der Waals surface area contributed by atoms with E-state index in [1.54, 1.807) is 6.33 Å². The Labute approximate surface area is 85.0 Å². The van der Waals surface area contributed by atoms with Gasteiger partial charge in [0, 0.05) is 30.0 Å². The Hall–Kier alpha value is -0.960. The van der Waals surface area contributed by atoms with Crippen LogP contribution in [-0.2, 0) is 0 Å². The summed E-state index contributed by atoms with van der Waals surface area (Å²) in [7, 11) is 0. The second-order valence-electron chi connectivity index (χ2n) is 4.33. The van der Waals surface area contributed by atoms with Crippen molar-refractivity contribution in [1.29, 1.82) is 0 Å². The van der Waals surface area contributed by atoms with E-state index in [0.717, 1.165) is 5.92 Å². The van der Waals surface area contributed by atoms with E-state index in [9.17, 15) is 0 Å². The first-order valence-corrected chi connectivity index (χ1v) is 5.26. The Morgan fingerprint density at radius 1 is 1.36 bits per heavy atom. The van der Waals surface area contributed by atoms with Gasteiger partial charge in [0.2, 0.25) is 0 Å². The van der Waals surface area contributed by atoms with E-state index >= 15 is 0 Å². The summed E-state index contributed by atoms with van der Waals surface area (Å²) in [6, 6.07) is 1.06. The lowest BCUT2D eigenvalue weighted by molar-refractivity contribution is 0.226. The number of aromatic nitrogens is 2. The molecule has 0 amide bonds. The Morgan fingerprint density at radius 2 is 2.00 bits per heavy atom. The SMILES string of the molecule is CC1CC(NC(C)c2cncnc2)C1. The fourth-order valence-corrected chi connectivity index (χ4v) is 2.02. The van der Waals surface area contributed by atoms with Crippen molar-refractivity contribution in [2.45, 2.75) is 38.8 Å². The zero-order chi connectivity index (χ0) is 9.97. The van der Waals surface area contributed by atoms with Gasteiger partial charge in [0.1, 0.15) is 6.33 Å². The van der Waals surface area contributed by atoms with Crippen LogP contribution < -0.4 is 5.32 Å². The Morgan fingerprint density at radius 3 is 2.57 bits per heavy atom. The van der Waals surface area contributed by atoms with Crippen molar-refractivity contribution in [3.63, 3.8) is 0 Å². The minimum Gasteiger partial charge on any atom is -0.307 e. The molecule has 0 aliphatic heterocycles. The summed E-state index contributed by atoms with van der Waals surface area (Å²) in [6.45, 7) is 4.47. The third-order valence-corrected chi connectivity index (χ3v) is 2.94. The third-order valence-electron chi connectivity index (χ3n) is 2.94. The van der Waals surface area contributed by atoms with E-state index in [1.807, 2.05) is 12.4 Å². The lowest BCUT2D eigenvalue weighted by atomic mass is 9.81. The van der Waals surface area contributed by atoms with Crippen molar-refractivity contribution in [3.05, 3.63) is 24.3 Å². The topological polar surface area (TPSA) is 37.8 Å². The summed E-state index contributed by atoms with van der Waals surface area (Å²) in [5.41, 5.74) is 1.17. The molecule has 0 radical (unpaired) electrons. The minimum atomic E-state index is 0.369. The zero-order valence-corrected chi connectivity index (χ0v) is 8.77. The highest BCUT2D eigenvalue weighted by molar-refractivity contribution is 5.08. The van der Waals surface area contributed by atoms with Crippen LogP contribution in [0.1, 0.15) is 38.3 Å². The summed E-state index contributed by atoms with van der Waals surface area (Å²) in [5, 5.41) is 3.58. The molecule has 0 aromatic carbocycles. The van der Waals surface area contributed by atoms with E-state index in [-0.39, 0.29) is 0 Å². The van der Waals surface area contributed by atoms with Gasteiger partial charge in [-0.1, -0.05) is 6.92 Å². The molecular weight excluding hydrogens is 174 g/mol. The lowest BCUT2D eigenvalue weighted by Crippen LogP contribution is -2.41. The van der Waals surface area contributed by atoms with Crippen molar-refractivity contribution in [1.82, 2.24) is 15.3 Å². The maximum absolute atomic E-state index is 4.02. The van der Waals surface area contributed by atoms with Gasteiger partial charge < -0.3 is 5.32 Å². The number of rotatable bonds is 3. The standard InChI is InChI=1S/C11H17N3/c1-8-3-11(4-8)14-9(2)10-5-12-7-13-6-10/h5-9,11,14H,3-4H2,1-2H3. The molecule has 1 heterocycles. The first-order valence-electron chi connectivity index (χ1n) is 5.26. The monoisotopic (exact) mass is 191 g/mol. The lowest BCUT2D eigenvalue weighted by Gasteiger charge is -2.35. The molecule has 0 bridgehead atoms. The van der Waals surface area contributed by atoms with Crippen LogP contribution in [0.5, 0.6) is 0 Å². The molecule has 1 aliphatic carbocycles. The molecule has 1 atom stereocenters. The Kier molecular flexibility index (Phi) is 2.77. The van der Waals surface area contributed by atoms with E-state index in [0.29, 0.717) is 12.1 Å². The predicted octanol–water partition coefficient (Wildman–Crippen LogP) is 1.93. The van der Waals surface area contributed by atoms with Crippen molar-refractivity contribution in [3.8, 4) is 0 Å². The van der Waals surface area contributed by atoms with Gasteiger partial charge >= 0.3 is 0 Å². The molecule has 3 heteroatoms. The Bertz CT molecular complexity index is 280. The summed E-state index contributed by atoms with van der Waals surface area (Å²) in [4.78, 5) is 8.04. The quantitative estimate of drug-likeness (QED) is 0.793. The fourth-order valence-electron chi connectivity index (χ4n) is 2.02. The highest BCUT2D eigenvalue weighted by atomic mass is 15.0. The highest BCUT2D eigenvalue weighted by Gasteiger charge is 2.26.